The summed E-state index contributed by atoms with van der Waals surface area (Å²) in [5.74, 6) is 0.211. The quantitative estimate of drug-likeness (QED) is 0.699. The van der Waals surface area contributed by atoms with Crippen molar-refractivity contribution in [1.82, 2.24) is 9.97 Å². The molecule has 1 heterocycles. The molecule has 0 saturated heterocycles. The Balaban J connectivity index is 1.91. The van der Waals surface area contributed by atoms with Gasteiger partial charge in [-0.1, -0.05) is 18.2 Å². The summed E-state index contributed by atoms with van der Waals surface area (Å²) in [5.41, 5.74) is 0.532. The van der Waals surface area contributed by atoms with Crippen LogP contribution in [0.25, 0.3) is 11.0 Å². The Labute approximate surface area is 118 Å². The number of ether oxygens (including phenoxy) is 1. The summed E-state index contributed by atoms with van der Waals surface area (Å²) >= 11 is 0. The Kier molecular flexibility index (Phi) is 3.21. The second kappa shape index (κ2) is 5.05. The summed E-state index contributed by atoms with van der Waals surface area (Å²) in [6, 6.07) is 11.8. The van der Waals surface area contributed by atoms with Gasteiger partial charge in [0.05, 0.1) is 22.8 Å². The molecule has 106 valence electrons. The lowest BCUT2D eigenvalue weighted by Crippen LogP contribution is -2.04. The summed E-state index contributed by atoms with van der Waals surface area (Å²) in [4.78, 5) is 8.34. The van der Waals surface area contributed by atoms with E-state index in [1.807, 2.05) is 6.07 Å². The Morgan fingerprint density at radius 2 is 1.67 bits per heavy atom. The average Bonchev–Trinajstić information content (AvgIpc) is 2.46. The highest BCUT2D eigenvalue weighted by Crippen LogP contribution is 2.32. The first-order chi connectivity index (χ1) is 10.0. The molecule has 21 heavy (non-hydrogen) atoms. The number of hydrogen-bond donors (Lipinski definition) is 0. The number of halogens is 3. The van der Waals surface area contributed by atoms with Crippen LogP contribution < -0.4 is 4.74 Å². The zero-order valence-corrected chi connectivity index (χ0v) is 10.6. The van der Waals surface area contributed by atoms with E-state index < -0.39 is 11.7 Å². The van der Waals surface area contributed by atoms with Crippen LogP contribution in [-0.2, 0) is 6.18 Å². The van der Waals surface area contributed by atoms with Crippen LogP contribution in [0.2, 0.25) is 0 Å². The number of fused-ring (bicyclic) bond motifs is 1. The lowest BCUT2D eigenvalue weighted by Gasteiger charge is -2.09. The maximum absolute atomic E-state index is 12.6. The SMILES string of the molecule is FC(F)(F)c1cccc(Oc2cnc3ccccc3n2)c1. The second-order valence-corrected chi connectivity index (χ2v) is 4.32. The van der Waals surface area contributed by atoms with Crippen LogP contribution in [0, 0.1) is 0 Å². The van der Waals surface area contributed by atoms with Gasteiger partial charge < -0.3 is 4.74 Å². The first-order valence-corrected chi connectivity index (χ1v) is 6.09. The molecule has 3 aromatic rings. The van der Waals surface area contributed by atoms with E-state index in [0.29, 0.717) is 11.0 Å². The summed E-state index contributed by atoms with van der Waals surface area (Å²) in [5, 5.41) is 0. The number of alkyl halides is 3. The van der Waals surface area contributed by atoms with Crippen molar-refractivity contribution in [3.05, 3.63) is 60.3 Å². The van der Waals surface area contributed by atoms with E-state index in [1.165, 1.54) is 18.3 Å². The van der Waals surface area contributed by atoms with Crippen molar-refractivity contribution in [3.63, 3.8) is 0 Å². The third-order valence-corrected chi connectivity index (χ3v) is 2.81. The molecule has 0 aliphatic carbocycles. The Bertz CT molecular complexity index is 787. The van der Waals surface area contributed by atoms with E-state index >= 15 is 0 Å². The van der Waals surface area contributed by atoms with Crippen molar-refractivity contribution in [3.8, 4) is 11.6 Å². The Morgan fingerprint density at radius 1 is 0.905 bits per heavy atom. The Morgan fingerprint density at radius 3 is 2.43 bits per heavy atom. The fourth-order valence-electron chi connectivity index (χ4n) is 1.85. The smallest absolute Gasteiger partial charge is 0.416 e. The first kappa shape index (κ1) is 13.4. The van der Waals surface area contributed by atoms with Crippen molar-refractivity contribution >= 4 is 11.0 Å². The van der Waals surface area contributed by atoms with E-state index in [9.17, 15) is 13.2 Å². The van der Waals surface area contributed by atoms with Crippen LogP contribution in [0.3, 0.4) is 0 Å². The predicted molar refractivity (Wildman–Crippen MR) is 71.1 cm³/mol. The third-order valence-electron chi connectivity index (χ3n) is 2.81. The van der Waals surface area contributed by atoms with Gasteiger partial charge in [0, 0.05) is 0 Å². The maximum Gasteiger partial charge on any atom is 0.416 e. The van der Waals surface area contributed by atoms with E-state index in [2.05, 4.69) is 9.97 Å². The predicted octanol–water partition coefficient (Wildman–Crippen LogP) is 4.44. The van der Waals surface area contributed by atoms with Gasteiger partial charge in [0.1, 0.15) is 5.75 Å². The molecule has 1 aromatic heterocycles. The molecule has 3 nitrogen and oxygen atoms in total. The fraction of sp³-hybridized carbons (Fsp3) is 0.0667. The van der Waals surface area contributed by atoms with Crippen LogP contribution in [0.1, 0.15) is 5.56 Å². The monoisotopic (exact) mass is 290 g/mol. The van der Waals surface area contributed by atoms with E-state index in [-0.39, 0.29) is 11.6 Å². The highest BCUT2D eigenvalue weighted by molar-refractivity contribution is 5.74. The van der Waals surface area contributed by atoms with Crippen molar-refractivity contribution < 1.29 is 17.9 Å². The molecule has 0 N–H and O–H groups in total. The molecular weight excluding hydrogens is 281 g/mol. The fourth-order valence-corrected chi connectivity index (χ4v) is 1.85. The van der Waals surface area contributed by atoms with Gasteiger partial charge in [-0.2, -0.15) is 13.2 Å². The molecular formula is C15H9F3N2O. The molecule has 6 heteroatoms. The van der Waals surface area contributed by atoms with Gasteiger partial charge >= 0.3 is 6.18 Å². The minimum atomic E-state index is -4.41. The molecule has 0 radical (unpaired) electrons. The number of hydrogen-bond acceptors (Lipinski definition) is 3. The lowest BCUT2D eigenvalue weighted by atomic mass is 10.2. The van der Waals surface area contributed by atoms with Gasteiger partial charge in [-0.05, 0) is 30.3 Å². The maximum atomic E-state index is 12.6. The summed E-state index contributed by atoms with van der Waals surface area (Å²) in [7, 11) is 0. The average molecular weight is 290 g/mol. The van der Waals surface area contributed by atoms with Gasteiger partial charge in [-0.15, -0.1) is 0 Å². The minimum absolute atomic E-state index is 0.0643. The normalized spacial score (nSPS) is 11.6. The van der Waals surface area contributed by atoms with Crippen molar-refractivity contribution in [1.29, 1.82) is 0 Å². The molecule has 0 aliphatic heterocycles. The van der Waals surface area contributed by atoms with Crippen molar-refractivity contribution in [2.45, 2.75) is 6.18 Å². The van der Waals surface area contributed by atoms with Crippen LogP contribution in [-0.4, -0.2) is 9.97 Å². The van der Waals surface area contributed by atoms with Gasteiger partial charge in [-0.25, -0.2) is 9.97 Å². The van der Waals surface area contributed by atoms with Crippen LogP contribution in [0.5, 0.6) is 11.6 Å². The second-order valence-electron chi connectivity index (χ2n) is 4.32. The van der Waals surface area contributed by atoms with Crippen molar-refractivity contribution in [2.24, 2.45) is 0 Å². The van der Waals surface area contributed by atoms with Gasteiger partial charge in [0.2, 0.25) is 5.88 Å². The molecule has 2 aromatic carbocycles. The van der Waals surface area contributed by atoms with Crippen LogP contribution in [0.15, 0.2) is 54.7 Å². The summed E-state index contributed by atoms with van der Waals surface area (Å²) in [6.07, 6.45) is -3.03. The largest absolute Gasteiger partial charge is 0.437 e. The first-order valence-electron chi connectivity index (χ1n) is 6.09. The standard InChI is InChI=1S/C15H9F3N2O/c16-15(17,18)10-4-3-5-11(8-10)21-14-9-19-12-6-1-2-7-13(12)20-14/h1-9H. The summed E-state index contributed by atoms with van der Waals surface area (Å²) < 4.78 is 43.2. The number of nitrogens with zero attached hydrogens (tertiary/aromatic N) is 2. The highest BCUT2D eigenvalue weighted by Gasteiger charge is 2.30. The zero-order valence-electron chi connectivity index (χ0n) is 10.6. The van der Waals surface area contributed by atoms with Gasteiger partial charge in [-0.3, -0.25) is 0 Å². The van der Waals surface area contributed by atoms with Crippen LogP contribution in [0.4, 0.5) is 13.2 Å². The van der Waals surface area contributed by atoms with E-state index in [4.69, 9.17) is 4.74 Å². The number of aromatic nitrogens is 2. The number of benzene rings is 2. The lowest BCUT2D eigenvalue weighted by molar-refractivity contribution is -0.137. The zero-order chi connectivity index (χ0) is 14.9. The molecule has 3 rings (SSSR count). The highest BCUT2D eigenvalue weighted by atomic mass is 19.4. The Hall–Kier alpha value is -2.63. The molecule has 0 fully saturated rings. The summed E-state index contributed by atoms with van der Waals surface area (Å²) in [6.45, 7) is 0. The molecule has 0 aliphatic rings. The van der Waals surface area contributed by atoms with E-state index in [1.54, 1.807) is 18.2 Å². The third kappa shape index (κ3) is 2.94. The van der Waals surface area contributed by atoms with E-state index in [0.717, 1.165) is 12.1 Å². The molecule has 0 atom stereocenters. The number of para-hydroxylation sites is 2. The molecule has 0 unspecified atom stereocenters. The van der Waals surface area contributed by atoms with Gasteiger partial charge in [0.25, 0.3) is 0 Å². The van der Waals surface area contributed by atoms with Crippen molar-refractivity contribution in [2.75, 3.05) is 0 Å². The van der Waals surface area contributed by atoms with Gasteiger partial charge in [0.15, 0.2) is 0 Å². The molecule has 0 bridgehead atoms. The number of rotatable bonds is 2. The minimum Gasteiger partial charge on any atom is -0.437 e. The molecule has 0 saturated carbocycles. The van der Waals surface area contributed by atoms with Crippen LogP contribution >= 0.6 is 0 Å². The topological polar surface area (TPSA) is 35.0 Å². The molecule has 0 amide bonds. The molecule has 0 spiro atoms.